The smallest absolute Gasteiger partial charge is 0.259 e. The predicted molar refractivity (Wildman–Crippen MR) is 100 cm³/mol. The average molecular weight is 359 g/mol. The van der Waals surface area contributed by atoms with Gasteiger partial charge < -0.3 is 10.2 Å². The van der Waals surface area contributed by atoms with Crippen molar-refractivity contribution in [2.24, 2.45) is 0 Å². The number of carbonyl (C=O) groups excluding carboxylic acids is 1. The summed E-state index contributed by atoms with van der Waals surface area (Å²) in [4.78, 5) is 24.0. The van der Waals surface area contributed by atoms with Gasteiger partial charge in [-0.15, -0.1) is 0 Å². The molecule has 3 rings (SSSR count). The fourth-order valence-electron chi connectivity index (χ4n) is 3.10. The quantitative estimate of drug-likeness (QED) is 0.900. The van der Waals surface area contributed by atoms with Crippen molar-refractivity contribution in [3.05, 3.63) is 52.6 Å². The zero-order valence-electron chi connectivity index (χ0n) is 14.8. The van der Waals surface area contributed by atoms with Gasteiger partial charge in [-0.3, -0.25) is 4.79 Å². The minimum atomic E-state index is -0.207. The standard InChI is InChI=1S/C19H23ClN4O/c1-12(2)24-9-8-14(11-24)18-21-10-17(13(3)22-18)19(25)23-16-6-4-15(20)5-7-16/h4-7,10,12,14H,8-9,11H2,1-3H3,(H,23,25). The van der Waals surface area contributed by atoms with Gasteiger partial charge in [0.25, 0.3) is 5.91 Å². The van der Waals surface area contributed by atoms with Gasteiger partial charge in [-0.05, 0) is 58.0 Å². The molecule has 5 nitrogen and oxygen atoms in total. The topological polar surface area (TPSA) is 58.1 Å². The first-order chi connectivity index (χ1) is 11.9. The van der Waals surface area contributed by atoms with Crippen molar-refractivity contribution in [1.29, 1.82) is 0 Å². The fraction of sp³-hybridized carbons (Fsp3) is 0.421. The van der Waals surface area contributed by atoms with Crippen LogP contribution in [0, 0.1) is 6.92 Å². The van der Waals surface area contributed by atoms with Crippen LogP contribution in [-0.4, -0.2) is 39.9 Å². The molecule has 0 saturated carbocycles. The Morgan fingerprint density at radius 1 is 1.32 bits per heavy atom. The Morgan fingerprint density at radius 3 is 2.64 bits per heavy atom. The van der Waals surface area contributed by atoms with E-state index >= 15 is 0 Å². The lowest BCUT2D eigenvalue weighted by molar-refractivity contribution is 0.102. The summed E-state index contributed by atoms with van der Waals surface area (Å²) < 4.78 is 0. The first kappa shape index (κ1) is 17.8. The second-order valence-corrected chi connectivity index (χ2v) is 7.20. The zero-order valence-corrected chi connectivity index (χ0v) is 15.5. The Hall–Kier alpha value is -1.98. The van der Waals surface area contributed by atoms with E-state index in [0.29, 0.717) is 33.9 Å². The molecule has 1 unspecified atom stereocenters. The monoisotopic (exact) mass is 358 g/mol. The van der Waals surface area contributed by atoms with Crippen LogP contribution in [0.2, 0.25) is 5.02 Å². The molecule has 1 amide bonds. The zero-order chi connectivity index (χ0) is 18.0. The Labute approximate surface area is 153 Å². The van der Waals surface area contributed by atoms with Crippen LogP contribution in [0.4, 0.5) is 5.69 Å². The molecule has 0 radical (unpaired) electrons. The normalized spacial score (nSPS) is 17.9. The molecule has 1 saturated heterocycles. The van der Waals surface area contributed by atoms with Crippen molar-refractivity contribution in [3.8, 4) is 0 Å². The number of aryl methyl sites for hydroxylation is 1. The minimum Gasteiger partial charge on any atom is -0.322 e. The minimum absolute atomic E-state index is 0.207. The molecule has 0 spiro atoms. The maximum absolute atomic E-state index is 12.5. The van der Waals surface area contributed by atoms with Crippen molar-refractivity contribution in [3.63, 3.8) is 0 Å². The Bertz CT molecular complexity index is 761. The SMILES string of the molecule is Cc1nc(C2CCN(C(C)C)C2)ncc1C(=O)Nc1ccc(Cl)cc1. The van der Waals surface area contributed by atoms with Crippen LogP contribution in [0.5, 0.6) is 0 Å². The summed E-state index contributed by atoms with van der Waals surface area (Å²) >= 11 is 5.86. The van der Waals surface area contributed by atoms with Gasteiger partial charge in [-0.25, -0.2) is 9.97 Å². The number of rotatable bonds is 4. The third-order valence-electron chi connectivity index (χ3n) is 4.66. The Balaban J connectivity index is 1.71. The molecule has 2 aromatic rings. The number of aromatic nitrogens is 2. The summed E-state index contributed by atoms with van der Waals surface area (Å²) in [5.74, 6) is 0.972. The van der Waals surface area contributed by atoms with Gasteiger partial charge in [-0.1, -0.05) is 11.6 Å². The summed E-state index contributed by atoms with van der Waals surface area (Å²) in [7, 11) is 0. The molecule has 1 atom stereocenters. The van der Waals surface area contributed by atoms with Crippen LogP contribution in [0.25, 0.3) is 0 Å². The van der Waals surface area contributed by atoms with Gasteiger partial charge in [-0.2, -0.15) is 0 Å². The molecular weight excluding hydrogens is 336 g/mol. The molecule has 0 aliphatic carbocycles. The van der Waals surface area contributed by atoms with E-state index in [4.69, 9.17) is 11.6 Å². The highest BCUT2D eigenvalue weighted by Crippen LogP contribution is 2.26. The lowest BCUT2D eigenvalue weighted by Crippen LogP contribution is -2.28. The molecule has 6 heteroatoms. The number of hydrogen-bond donors (Lipinski definition) is 1. The maximum atomic E-state index is 12.5. The van der Waals surface area contributed by atoms with E-state index in [1.807, 2.05) is 6.92 Å². The summed E-state index contributed by atoms with van der Waals surface area (Å²) in [6.07, 6.45) is 2.70. The molecular formula is C19H23ClN4O. The van der Waals surface area contributed by atoms with Crippen LogP contribution in [0.1, 0.15) is 48.1 Å². The summed E-state index contributed by atoms with van der Waals surface area (Å²) in [6.45, 7) is 8.32. The number of halogens is 1. The van der Waals surface area contributed by atoms with Gasteiger partial charge in [0.15, 0.2) is 0 Å². The van der Waals surface area contributed by atoms with Gasteiger partial charge in [0.05, 0.1) is 11.3 Å². The third-order valence-corrected chi connectivity index (χ3v) is 4.91. The van der Waals surface area contributed by atoms with Crippen LogP contribution >= 0.6 is 11.6 Å². The van der Waals surface area contributed by atoms with E-state index < -0.39 is 0 Å². The van der Waals surface area contributed by atoms with E-state index in [1.165, 1.54) is 0 Å². The van der Waals surface area contributed by atoms with Crippen LogP contribution in [0.15, 0.2) is 30.5 Å². The first-order valence-corrected chi connectivity index (χ1v) is 8.96. The number of amides is 1. The Kier molecular flexibility index (Phi) is 5.35. The highest BCUT2D eigenvalue weighted by Gasteiger charge is 2.28. The van der Waals surface area contributed by atoms with Crippen molar-refractivity contribution < 1.29 is 4.79 Å². The molecule has 1 fully saturated rings. The van der Waals surface area contributed by atoms with Crippen molar-refractivity contribution >= 4 is 23.2 Å². The molecule has 1 N–H and O–H groups in total. The molecule has 1 aliphatic rings. The van der Waals surface area contributed by atoms with Gasteiger partial charge in [0.1, 0.15) is 5.82 Å². The first-order valence-electron chi connectivity index (χ1n) is 8.58. The largest absolute Gasteiger partial charge is 0.322 e. The number of likely N-dealkylation sites (tertiary alicyclic amines) is 1. The Morgan fingerprint density at radius 2 is 2.04 bits per heavy atom. The number of anilines is 1. The van der Waals surface area contributed by atoms with E-state index in [2.05, 4.69) is 34.0 Å². The van der Waals surface area contributed by atoms with Gasteiger partial charge >= 0.3 is 0 Å². The fourth-order valence-corrected chi connectivity index (χ4v) is 3.23. The number of benzene rings is 1. The van der Waals surface area contributed by atoms with E-state index in [9.17, 15) is 4.79 Å². The van der Waals surface area contributed by atoms with Crippen molar-refractivity contribution in [1.82, 2.24) is 14.9 Å². The van der Waals surface area contributed by atoms with E-state index in [1.54, 1.807) is 30.5 Å². The number of hydrogen-bond acceptors (Lipinski definition) is 4. The number of nitrogens with one attached hydrogen (secondary N) is 1. The highest BCUT2D eigenvalue weighted by molar-refractivity contribution is 6.30. The second-order valence-electron chi connectivity index (χ2n) is 6.76. The summed E-state index contributed by atoms with van der Waals surface area (Å²) in [5, 5.41) is 3.48. The van der Waals surface area contributed by atoms with Crippen molar-refractivity contribution in [2.75, 3.05) is 18.4 Å². The van der Waals surface area contributed by atoms with Gasteiger partial charge in [0.2, 0.25) is 0 Å². The van der Waals surface area contributed by atoms with Crippen LogP contribution < -0.4 is 5.32 Å². The molecule has 132 valence electrons. The van der Waals surface area contributed by atoms with E-state index in [-0.39, 0.29) is 5.91 Å². The van der Waals surface area contributed by atoms with Gasteiger partial charge in [0, 0.05) is 35.4 Å². The average Bonchev–Trinajstić information content (AvgIpc) is 3.07. The maximum Gasteiger partial charge on any atom is 0.259 e. The van der Waals surface area contributed by atoms with Crippen molar-refractivity contribution in [2.45, 2.75) is 39.2 Å². The molecule has 2 heterocycles. The van der Waals surface area contributed by atoms with Crippen LogP contribution in [0.3, 0.4) is 0 Å². The lowest BCUT2D eigenvalue weighted by Gasteiger charge is -2.20. The second kappa shape index (κ2) is 7.50. The predicted octanol–water partition coefficient (Wildman–Crippen LogP) is 3.89. The molecule has 25 heavy (non-hydrogen) atoms. The summed E-state index contributed by atoms with van der Waals surface area (Å²) in [6, 6.07) is 7.55. The molecule has 1 aromatic carbocycles. The van der Waals surface area contributed by atoms with Crippen LogP contribution in [-0.2, 0) is 0 Å². The third kappa shape index (κ3) is 4.17. The lowest BCUT2D eigenvalue weighted by atomic mass is 10.1. The molecule has 0 bridgehead atoms. The van der Waals surface area contributed by atoms with E-state index in [0.717, 1.165) is 25.3 Å². The molecule has 1 aromatic heterocycles. The molecule has 1 aliphatic heterocycles. The summed E-state index contributed by atoms with van der Waals surface area (Å²) in [5.41, 5.74) is 1.90. The highest BCUT2D eigenvalue weighted by atomic mass is 35.5. The number of carbonyl (C=O) groups is 1. The number of nitrogens with zero attached hydrogens (tertiary/aromatic N) is 3.